The van der Waals surface area contributed by atoms with Crippen LogP contribution in [0.15, 0.2) is 15.8 Å². The molecule has 1 heterocycles. The first-order valence-electron chi connectivity index (χ1n) is 7.85. The van der Waals surface area contributed by atoms with Crippen molar-refractivity contribution < 1.29 is 29.3 Å². The number of nitrogens with zero attached hydrogens (tertiary/aromatic N) is 1. The smallest absolute Gasteiger partial charge is 0.352 e. The molecule has 11 nitrogen and oxygen atoms in total. The number of carbonyl (C=O) groups excluding carboxylic acids is 2. The summed E-state index contributed by atoms with van der Waals surface area (Å²) in [5.74, 6) is -4.02. The number of H-pyrrole nitrogens is 1. The van der Waals surface area contributed by atoms with Crippen molar-refractivity contribution in [1.82, 2.24) is 9.55 Å². The fourth-order valence-electron chi connectivity index (χ4n) is 1.77. The van der Waals surface area contributed by atoms with E-state index in [0.29, 0.717) is 0 Å². The molecule has 1 aromatic rings. The monoisotopic (exact) mass is 375 g/mol. The predicted molar refractivity (Wildman–Crippen MR) is 90.4 cm³/mol. The third-order valence-electron chi connectivity index (χ3n) is 2.93. The average Bonchev–Trinajstić information content (AvgIpc) is 2.57. The highest BCUT2D eigenvalue weighted by atomic mass is 16.8. The number of carbonyl (C=O) groups is 2. The summed E-state index contributed by atoms with van der Waals surface area (Å²) < 4.78 is 10.1. The molecule has 0 saturated carbocycles. The van der Waals surface area contributed by atoms with Gasteiger partial charge in [0.2, 0.25) is 0 Å². The van der Waals surface area contributed by atoms with Gasteiger partial charge in [-0.2, -0.15) is 0 Å². The first-order chi connectivity index (χ1) is 12.2. The molecule has 1 atom stereocenters. The number of aliphatic hydroxyl groups is 2. The Kier molecular flexibility index (Phi) is 10.3. The van der Waals surface area contributed by atoms with Crippen LogP contribution in [0.1, 0.15) is 37.0 Å². The lowest BCUT2D eigenvalue weighted by atomic mass is 10.2. The molecule has 5 N–H and O–H groups in total. The largest absolute Gasteiger partial charge is 0.405 e. The number of ether oxygens (including phenoxy) is 2. The number of aryl methyl sites for hydroxylation is 1. The molecule has 0 aliphatic rings. The van der Waals surface area contributed by atoms with Crippen molar-refractivity contribution in [1.29, 1.82) is 0 Å². The Morgan fingerprint density at radius 1 is 1.42 bits per heavy atom. The van der Waals surface area contributed by atoms with E-state index in [1.165, 1.54) is 6.42 Å². The first-order valence-corrected chi connectivity index (χ1v) is 7.85. The molecule has 0 spiro atoms. The van der Waals surface area contributed by atoms with Gasteiger partial charge in [-0.3, -0.25) is 23.9 Å². The van der Waals surface area contributed by atoms with Crippen LogP contribution in [0.2, 0.25) is 0 Å². The standard InChI is InChI=1S/C12H17N3O8.C3H8/c1-22-8(12(20,21)23-9(17)4-13)2-3-15-5-7(6-16)10(18)14-11(15)19;1-3-2/h5-6,8,20-21H,2-4,13H2,1H3,(H,14,18,19);3H2,1-2H3. The third kappa shape index (κ3) is 7.27. The maximum atomic E-state index is 11.6. The highest BCUT2D eigenvalue weighted by Crippen LogP contribution is 2.16. The highest BCUT2D eigenvalue weighted by molar-refractivity contribution is 5.73. The van der Waals surface area contributed by atoms with E-state index in [-0.39, 0.29) is 24.8 Å². The fraction of sp³-hybridized carbons (Fsp3) is 0.600. The molecule has 0 radical (unpaired) electrons. The zero-order chi connectivity index (χ0) is 20.3. The van der Waals surface area contributed by atoms with Crippen LogP contribution in [0.5, 0.6) is 0 Å². The maximum absolute atomic E-state index is 11.6. The van der Waals surface area contributed by atoms with Crippen molar-refractivity contribution in [3.63, 3.8) is 0 Å². The Balaban J connectivity index is 0.00000194. The van der Waals surface area contributed by atoms with Crippen LogP contribution in [0.4, 0.5) is 0 Å². The number of aldehydes is 1. The van der Waals surface area contributed by atoms with E-state index >= 15 is 0 Å². The second kappa shape index (κ2) is 11.3. The molecule has 1 rings (SSSR count). The van der Waals surface area contributed by atoms with Gasteiger partial charge in [0.1, 0.15) is 0 Å². The van der Waals surface area contributed by atoms with Gasteiger partial charge in [-0.1, -0.05) is 20.3 Å². The molecule has 0 aliphatic carbocycles. The molecular weight excluding hydrogens is 350 g/mol. The van der Waals surface area contributed by atoms with Gasteiger partial charge < -0.3 is 25.4 Å². The number of esters is 1. The molecule has 0 fully saturated rings. The van der Waals surface area contributed by atoms with Crippen molar-refractivity contribution in [3.05, 3.63) is 32.6 Å². The lowest BCUT2D eigenvalue weighted by molar-refractivity contribution is -0.361. The van der Waals surface area contributed by atoms with Crippen LogP contribution in [-0.2, 0) is 20.8 Å². The van der Waals surface area contributed by atoms with Crippen LogP contribution >= 0.6 is 0 Å². The predicted octanol–water partition coefficient (Wildman–Crippen LogP) is -1.69. The van der Waals surface area contributed by atoms with E-state index in [4.69, 9.17) is 10.5 Å². The number of aromatic amines is 1. The maximum Gasteiger partial charge on any atom is 0.352 e. The highest BCUT2D eigenvalue weighted by Gasteiger charge is 2.39. The Labute approximate surface area is 149 Å². The van der Waals surface area contributed by atoms with Gasteiger partial charge in [-0.05, 0) is 0 Å². The molecule has 0 bridgehead atoms. The zero-order valence-electron chi connectivity index (χ0n) is 14.9. The summed E-state index contributed by atoms with van der Waals surface area (Å²) in [5, 5.41) is 19.4. The van der Waals surface area contributed by atoms with Gasteiger partial charge in [-0.15, -0.1) is 0 Å². The van der Waals surface area contributed by atoms with Gasteiger partial charge in [0.25, 0.3) is 5.56 Å². The summed E-state index contributed by atoms with van der Waals surface area (Å²) in [6.07, 6.45) is 0.944. The van der Waals surface area contributed by atoms with Crippen LogP contribution in [-0.4, -0.2) is 57.8 Å². The van der Waals surface area contributed by atoms with E-state index in [1.54, 1.807) is 0 Å². The second-order valence-electron chi connectivity index (χ2n) is 5.21. The number of hydrogen-bond donors (Lipinski definition) is 4. The van der Waals surface area contributed by atoms with Gasteiger partial charge >= 0.3 is 17.6 Å². The summed E-state index contributed by atoms with van der Waals surface area (Å²) in [7, 11) is 1.13. The number of hydrogen-bond acceptors (Lipinski definition) is 9. The number of nitrogens with one attached hydrogen (secondary N) is 1. The van der Waals surface area contributed by atoms with E-state index in [0.717, 1.165) is 17.9 Å². The lowest BCUT2D eigenvalue weighted by Crippen LogP contribution is -2.49. The zero-order valence-corrected chi connectivity index (χ0v) is 14.9. The lowest BCUT2D eigenvalue weighted by Gasteiger charge is -2.29. The third-order valence-corrected chi connectivity index (χ3v) is 2.93. The Hall–Kier alpha value is -2.34. The molecule has 0 aromatic carbocycles. The first kappa shape index (κ1) is 23.7. The number of methoxy groups -OCH3 is 1. The number of rotatable bonds is 8. The Morgan fingerprint density at radius 2 is 2.00 bits per heavy atom. The van der Waals surface area contributed by atoms with Crippen LogP contribution in [0, 0.1) is 0 Å². The molecule has 26 heavy (non-hydrogen) atoms. The SMILES string of the molecule is CCC.COC(CCn1cc(C=O)c(=O)[nH]c1=O)C(O)(O)OC(=O)CN. The van der Waals surface area contributed by atoms with Gasteiger partial charge in [0.05, 0.1) is 12.1 Å². The molecule has 0 saturated heterocycles. The topological polar surface area (TPSA) is 174 Å². The molecule has 148 valence electrons. The van der Waals surface area contributed by atoms with Crippen molar-refractivity contribution in [3.8, 4) is 0 Å². The van der Waals surface area contributed by atoms with E-state index < -0.39 is 35.8 Å². The number of nitrogens with two attached hydrogens (primary N) is 1. The summed E-state index contributed by atoms with van der Waals surface area (Å²) in [4.78, 5) is 46.5. The summed E-state index contributed by atoms with van der Waals surface area (Å²) in [6, 6.07) is 0. The van der Waals surface area contributed by atoms with Crippen molar-refractivity contribution in [2.24, 2.45) is 5.73 Å². The van der Waals surface area contributed by atoms with E-state index in [1.807, 2.05) is 4.98 Å². The summed E-state index contributed by atoms with van der Waals surface area (Å²) >= 11 is 0. The fourth-order valence-corrected chi connectivity index (χ4v) is 1.77. The van der Waals surface area contributed by atoms with Crippen molar-refractivity contribution in [2.75, 3.05) is 13.7 Å². The normalized spacial score (nSPS) is 11.9. The molecule has 0 amide bonds. The van der Waals surface area contributed by atoms with Gasteiger partial charge in [0.15, 0.2) is 12.4 Å². The minimum absolute atomic E-state index is 0.155. The summed E-state index contributed by atoms with van der Waals surface area (Å²) in [5.41, 5.74) is 3.10. The van der Waals surface area contributed by atoms with E-state index in [2.05, 4.69) is 18.6 Å². The minimum Gasteiger partial charge on any atom is -0.405 e. The van der Waals surface area contributed by atoms with Crippen LogP contribution in [0.25, 0.3) is 0 Å². The van der Waals surface area contributed by atoms with Gasteiger partial charge in [0, 0.05) is 26.3 Å². The second-order valence-corrected chi connectivity index (χ2v) is 5.21. The number of aromatic nitrogens is 2. The minimum atomic E-state index is -2.95. The Morgan fingerprint density at radius 3 is 2.46 bits per heavy atom. The molecule has 1 unspecified atom stereocenters. The molecule has 11 heteroatoms. The van der Waals surface area contributed by atoms with E-state index in [9.17, 15) is 29.4 Å². The quantitative estimate of drug-likeness (QED) is 0.235. The van der Waals surface area contributed by atoms with Crippen LogP contribution in [0.3, 0.4) is 0 Å². The van der Waals surface area contributed by atoms with Crippen molar-refractivity contribution in [2.45, 2.75) is 45.3 Å². The molecule has 0 aliphatic heterocycles. The van der Waals surface area contributed by atoms with Crippen LogP contribution < -0.4 is 17.0 Å². The molecule has 1 aromatic heterocycles. The Bertz CT molecular complexity index is 695. The average molecular weight is 375 g/mol. The molecular formula is C15H25N3O8. The van der Waals surface area contributed by atoms with Crippen molar-refractivity contribution >= 4 is 12.3 Å². The summed E-state index contributed by atoms with van der Waals surface area (Å²) in [6.45, 7) is 3.53. The van der Waals surface area contributed by atoms with Gasteiger partial charge in [-0.25, -0.2) is 4.79 Å².